The molecule has 0 aromatic heterocycles. The molecule has 0 aliphatic carbocycles. The second kappa shape index (κ2) is 7.54. The fourth-order valence-electron chi connectivity index (χ4n) is 4.24. The summed E-state index contributed by atoms with van der Waals surface area (Å²) in [6.45, 7) is 5.74. The van der Waals surface area contributed by atoms with Gasteiger partial charge in [-0.2, -0.15) is 0 Å². The van der Waals surface area contributed by atoms with Gasteiger partial charge in [0, 0.05) is 19.6 Å². The standard InChI is InChI=1S/C16H30N4O6S2/c1-12(17-27(4,23)24)13(21)20-9-6-7-16(20)8-10-19(11-16)14(22)15(2,3)18-28(5,25)26/h12,17-18H,6-11H2,1-5H3. The van der Waals surface area contributed by atoms with Gasteiger partial charge in [-0.05, 0) is 40.0 Å². The molecule has 2 fully saturated rings. The number of hydrogen-bond donors (Lipinski definition) is 2. The van der Waals surface area contributed by atoms with Crippen LogP contribution in [-0.4, -0.2) is 87.7 Å². The van der Waals surface area contributed by atoms with Gasteiger partial charge in [0.1, 0.15) is 5.54 Å². The molecule has 12 heteroatoms. The Morgan fingerprint density at radius 3 is 2.18 bits per heavy atom. The fourth-order valence-corrected chi connectivity index (χ4v) is 6.00. The average Bonchev–Trinajstić information content (AvgIpc) is 3.09. The molecule has 2 amide bonds. The fraction of sp³-hybridized carbons (Fsp3) is 0.875. The Kier molecular flexibility index (Phi) is 6.21. The number of likely N-dealkylation sites (tertiary alicyclic amines) is 2. The molecule has 0 radical (unpaired) electrons. The molecule has 2 aliphatic rings. The summed E-state index contributed by atoms with van der Waals surface area (Å²) in [4.78, 5) is 29.0. The third-order valence-electron chi connectivity index (χ3n) is 5.22. The summed E-state index contributed by atoms with van der Waals surface area (Å²) in [5.74, 6) is -0.665. The molecule has 0 bridgehead atoms. The first-order valence-electron chi connectivity index (χ1n) is 9.13. The molecule has 2 N–H and O–H groups in total. The van der Waals surface area contributed by atoms with Crippen molar-refractivity contribution in [2.24, 2.45) is 0 Å². The number of rotatable bonds is 6. The molecule has 0 aromatic carbocycles. The van der Waals surface area contributed by atoms with Crippen molar-refractivity contribution in [2.75, 3.05) is 32.1 Å². The Bertz CT molecular complexity index is 854. The Morgan fingerprint density at radius 2 is 1.64 bits per heavy atom. The zero-order valence-electron chi connectivity index (χ0n) is 17.0. The number of hydrogen-bond acceptors (Lipinski definition) is 6. The smallest absolute Gasteiger partial charge is 0.243 e. The predicted octanol–water partition coefficient (Wildman–Crippen LogP) is -1.15. The first-order valence-corrected chi connectivity index (χ1v) is 12.9. The van der Waals surface area contributed by atoms with Crippen molar-refractivity contribution in [3.63, 3.8) is 0 Å². The molecule has 10 nitrogen and oxygen atoms in total. The van der Waals surface area contributed by atoms with Crippen molar-refractivity contribution in [3.05, 3.63) is 0 Å². The van der Waals surface area contributed by atoms with E-state index in [4.69, 9.17) is 0 Å². The van der Waals surface area contributed by atoms with E-state index in [0.717, 1.165) is 18.9 Å². The summed E-state index contributed by atoms with van der Waals surface area (Å²) in [6, 6.07) is -0.891. The summed E-state index contributed by atoms with van der Waals surface area (Å²) >= 11 is 0. The van der Waals surface area contributed by atoms with Crippen LogP contribution in [0.25, 0.3) is 0 Å². The van der Waals surface area contributed by atoms with Crippen LogP contribution < -0.4 is 9.44 Å². The SMILES string of the molecule is CC(NS(C)(=O)=O)C(=O)N1CCCC12CCN(C(=O)C(C)(C)NS(C)(=O)=O)C2. The summed E-state index contributed by atoms with van der Waals surface area (Å²) in [5.41, 5.74) is -1.83. The number of nitrogens with zero attached hydrogens (tertiary/aromatic N) is 2. The minimum absolute atomic E-state index is 0.304. The summed E-state index contributed by atoms with van der Waals surface area (Å²) in [6.07, 6.45) is 4.06. The maximum absolute atomic E-state index is 12.9. The summed E-state index contributed by atoms with van der Waals surface area (Å²) in [5, 5.41) is 0. The van der Waals surface area contributed by atoms with Gasteiger partial charge in [-0.1, -0.05) is 0 Å². The molecule has 2 heterocycles. The number of carbonyl (C=O) groups is 2. The predicted molar refractivity (Wildman–Crippen MR) is 104 cm³/mol. The highest BCUT2D eigenvalue weighted by Crippen LogP contribution is 2.38. The van der Waals surface area contributed by atoms with Crippen LogP contribution in [0.2, 0.25) is 0 Å². The van der Waals surface area contributed by atoms with Crippen molar-refractivity contribution in [3.8, 4) is 0 Å². The lowest BCUT2D eigenvalue weighted by Crippen LogP contribution is -2.58. The molecule has 2 unspecified atom stereocenters. The van der Waals surface area contributed by atoms with Crippen LogP contribution >= 0.6 is 0 Å². The average molecular weight is 439 g/mol. The van der Waals surface area contributed by atoms with Crippen molar-refractivity contribution >= 4 is 31.9 Å². The lowest BCUT2D eigenvalue weighted by molar-refractivity contribution is -0.139. The van der Waals surface area contributed by atoms with Gasteiger partial charge in [0.15, 0.2) is 0 Å². The lowest BCUT2D eigenvalue weighted by Gasteiger charge is -2.37. The minimum atomic E-state index is -3.56. The van der Waals surface area contributed by atoms with Crippen LogP contribution in [0.4, 0.5) is 0 Å². The highest BCUT2D eigenvalue weighted by Gasteiger charge is 2.51. The highest BCUT2D eigenvalue weighted by atomic mass is 32.2. The molecule has 0 saturated carbocycles. The molecule has 2 aliphatic heterocycles. The second-order valence-corrected chi connectivity index (χ2v) is 11.9. The van der Waals surface area contributed by atoms with Crippen LogP contribution in [0.5, 0.6) is 0 Å². The number of sulfonamides is 2. The van der Waals surface area contributed by atoms with Gasteiger partial charge in [0.2, 0.25) is 31.9 Å². The van der Waals surface area contributed by atoms with E-state index in [-0.39, 0.29) is 11.8 Å². The van der Waals surface area contributed by atoms with Gasteiger partial charge in [-0.3, -0.25) is 9.59 Å². The van der Waals surface area contributed by atoms with Gasteiger partial charge in [-0.25, -0.2) is 26.3 Å². The highest BCUT2D eigenvalue weighted by molar-refractivity contribution is 7.89. The molecule has 28 heavy (non-hydrogen) atoms. The number of amides is 2. The number of nitrogens with one attached hydrogen (secondary N) is 2. The van der Waals surface area contributed by atoms with Gasteiger partial charge < -0.3 is 9.80 Å². The van der Waals surface area contributed by atoms with Crippen LogP contribution in [-0.2, 0) is 29.6 Å². The molecule has 2 atom stereocenters. The Morgan fingerprint density at radius 1 is 1.04 bits per heavy atom. The van der Waals surface area contributed by atoms with Crippen LogP contribution in [0.15, 0.2) is 0 Å². The zero-order chi connectivity index (χ0) is 21.5. The third-order valence-corrected chi connectivity index (χ3v) is 6.88. The van der Waals surface area contributed by atoms with E-state index in [1.165, 1.54) is 20.8 Å². The molecule has 1 spiro atoms. The third kappa shape index (κ3) is 5.22. The van der Waals surface area contributed by atoms with E-state index in [1.807, 2.05) is 0 Å². The molecular weight excluding hydrogens is 408 g/mol. The van der Waals surface area contributed by atoms with E-state index in [2.05, 4.69) is 9.44 Å². The van der Waals surface area contributed by atoms with Crippen molar-refractivity contribution in [2.45, 2.75) is 57.2 Å². The maximum Gasteiger partial charge on any atom is 0.243 e. The largest absolute Gasteiger partial charge is 0.339 e. The molecule has 0 aromatic rings. The molecule has 2 rings (SSSR count). The van der Waals surface area contributed by atoms with Gasteiger partial charge in [0.25, 0.3) is 0 Å². The topological polar surface area (TPSA) is 133 Å². The Hall–Kier alpha value is -1.24. The van der Waals surface area contributed by atoms with Crippen LogP contribution in [0, 0.1) is 0 Å². The monoisotopic (exact) mass is 438 g/mol. The van der Waals surface area contributed by atoms with Gasteiger partial charge in [-0.15, -0.1) is 0 Å². The lowest BCUT2D eigenvalue weighted by atomic mass is 9.94. The summed E-state index contributed by atoms with van der Waals surface area (Å²) in [7, 11) is -7.09. The summed E-state index contributed by atoms with van der Waals surface area (Å²) < 4.78 is 50.7. The van der Waals surface area contributed by atoms with Crippen LogP contribution in [0.3, 0.4) is 0 Å². The molecule has 162 valence electrons. The van der Waals surface area contributed by atoms with E-state index in [1.54, 1.807) is 9.80 Å². The Labute approximate surface area is 167 Å². The van der Waals surface area contributed by atoms with Crippen LogP contribution in [0.1, 0.15) is 40.0 Å². The normalized spacial score (nSPS) is 24.8. The van der Waals surface area contributed by atoms with E-state index in [9.17, 15) is 26.4 Å². The maximum atomic E-state index is 12.9. The molecule has 2 saturated heterocycles. The minimum Gasteiger partial charge on any atom is -0.339 e. The Balaban J connectivity index is 2.15. The zero-order valence-corrected chi connectivity index (χ0v) is 18.6. The van der Waals surface area contributed by atoms with E-state index >= 15 is 0 Å². The first kappa shape index (κ1) is 23.0. The quantitative estimate of drug-likeness (QED) is 0.538. The first-order chi connectivity index (χ1) is 12.6. The van der Waals surface area contributed by atoms with Crippen molar-refractivity contribution in [1.29, 1.82) is 0 Å². The second-order valence-electron chi connectivity index (χ2n) is 8.41. The van der Waals surface area contributed by atoms with E-state index < -0.39 is 37.2 Å². The van der Waals surface area contributed by atoms with Gasteiger partial charge in [0.05, 0.1) is 24.1 Å². The van der Waals surface area contributed by atoms with Crippen molar-refractivity contribution in [1.82, 2.24) is 19.2 Å². The molecular formula is C16H30N4O6S2. The number of carbonyl (C=O) groups excluding carboxylic acids is 2. The van der Waals surface area contributed by atoms with Crippen molar-refractivity contribution < 1.29 is 26.4 Å². The van der Waals surface area contributed by atoms with Gasteiger partial charge >= 0.3 is 0 Å². The van der Waals surface area contributed by atoms with E-state index in [0.29, 0.717) is 32.5 Å².